The zero-order valence-electron chi connectivity index (χ0n) is 8.68. The van der Waals surface area contributed by atoms with Gasteiger partial charge in [-0.25, -0.2) is 0 Å². The molecule has 1 aromatic carbocycles. The van der Waals surface area contributed by atoms with Gasteiger partial charge in [-0.05, 0) is 12.5 Å². The van der Waals surface area contributed by atoms with E-state index in [1.807, 2.05) is 30.3 Å². The summed E-state index contributed by atoms with van der Waals surface area (Å²) in [6.45, 7) is 2.09. The zero-order chi connectivity index (χ0) is 11.1. The maximum absolute atomic E-state index is 11.6. The van der Waals surface area contributed by atoms with Crippen LogP contribution in [0, 0.1) is 0 Å². The van der Waals surface area contributed by atoms with Crippen molar-refractivity contribution in [3.63, 3.8) is 0 Å². The van der Waals surface area contributed by atoms with Gasteiger partial charge in [0.1, 0.15) is 6.29 Å². The Balaban J connectivity index is 2.82. The number of hydrogen-bond acceptors (Lipinski definition) is 3. The predicted molar refractivity (Wildman–Crippen MR) is 56.5 cm³/mol. The van der Waals surface area contributed by atoms with E-state index in [0.29, 0.717) is 6.61 Å². The maximum atomic E-state index is 11.6. The SMILES string of the molecule is CCOC(=O)[C@@H](CC=O)c1ccccc1. The maximum Gasteiger partial charge on any atom is 0.313 e. The molecule has 1 rings (SSSR count). The smallest absolute Gasteiger partial charge is 0.313 e. The van der Waals surface area contributed by atoms with Crippen LogP contribution in [0.5, 0.6) is 0 Å². The van der Waals surface area contributed by atoms with Crippen molar-refractivity contribution in [1.82, 2.24) is 0 Å². The van der Waals surface area contributed by atoms with Gasteiger partial charge in [-0.2, -0.15) is 0 Å². The summed E-state index contributed by atoms with van der Waals surface area (Å²) in [6, 6.07) is 9.20. The minimum Gasteiger partial charge on any atom is -0.466 e. The van der Waals surface area contributed by atoms with Crippen LogP contribution in [0.2, 0.25) is 0 Å². The molecule has 0 saturated heterocycles. The highest BCUT2D eigenvalue weighted by Gasteiger charge is 2.20. The highest BCUT2D eigenvalue weighted by Crippen LogP contribution is 2.19. The van der Waals surface area contributed by atoms with Crippen molar-refractivity contribution >= 4 is 12.3 Å². The molecule has 1 atom stereocenters. The van der Waals surface area contributed by atoms with Crippen molar-refractivity contribution in [2.45, 2.75) is 19.3 Å². The molecule has 1 aromatic rings. The second-order valence-corrected chi connectivity index (χ2v) is 3.12. The minimum absolute atomic E-state index is 0.169. The Kier molecular flexibility index (Phi) is 4.54. The van der Waals surface area contributed by atoms with Crippen LogP contribution >= 0.6 is 0 Å². The summed E-state index contributed by atoms with van der Waals surface area (Å²) >= 11 is 0. The van der Waals surface area contributed by atoms with Crippen LogP contribution < -0.4 is 0 Å². The summed E-state index contributed by atoms with van der Waals surface area (Å²) in [6.07, 6.45) is 0.914. The van der Waals surface area contributed by atoms with E-state index in [-0.39, 0.29) is 12.4 Å². The lowest BCUT2D eigenvalue weighted by Gasteiger charge is -2.12. The van der Waals surface area contributed by atoms with Crippen molar-refractivity contribution in [2.24, 2.45) is 0 Å². The molecule has 0 fully saturated rings. The monoisotopic (exact) mass is 206 g/mol. The highest BCUT2D eigenvalue weighted by molar-refractivity contribution is 5.81. The van der Waals surface area contributed by atoms with Gasteiger partial charge >= 0.3 is 5.97 Å². The van der Waals surface area contributed by atoms with E-state index in [2.05, 4.69) is 0 Å². The lowest BCUT2D eigenvalue weighted by molar-refractivity contribution is -0.145. The van der Waals surface area contributed by atoms with Gasteiger partial charge in [0.15, 0.2) is 0 Å². The third-order valence-corrected chi connectivity index (χ3v) is 2.10. The third kappa shape index (κ3) is 3.20. The summed E-state index contributed by atoms with van der Waals surface area (Å²) < 4.78 is 4.91. The Hall–Kier alpha value is -1.64. The fourth-order valence-corrected chi connectivity index (χ4v) is 1.39. The van der Waals surface area contributed by atoms with Gasteiger partial charge in [-0.3, -0.25) is 4.79 Å². The molecule has 15 heavy (non-hydrogen) atoms. The van der Waals surface area contributed by atoms with Crippen LogP contribution in [0.3, 0.4) is 0 Å². The topological polar surface area (TPSA) is 43.4 Å². The number of hydrogen-bond donors (Lipinski definition) is 0. The lowest BCUT2D eigenvalue weighted by Crippen LogP contribution is -2.16. The van der Waals surface area contributed by atoms with Crippen LogP contribution in [0.15, 0.2) is 30.3 Å². The summed E-state index contributed by atoms with van der Waals surface area (Å²) in [7, 11) is 0. The zero-order valence-corrected chi connectivity index (χ0v) is 8.68. The molecular formula is C12H14O3. The predicted octanol–water partition coefficient (Wildman–Crippen LogP) is 1.92. The first kappa shape index (κ1) is 11.4. The van der Waals surface area contributed by atoms with Crippen molar-refractivity contribution in [2.75, 3.05) is 6.61 Å². The molecule has 0 unspecified atom stereocenters. The van der Waals surface area contributed by atoms with Gasteiger partial charge < -0.3 is 9.53 Å². The van der Waals surface area contributed by atoms with Gasteiger partial charge in [-0.15, -0.1) is 0 Å². The molecule has 0 spiro atoms. The molecule has 0 heterocycles. The average Bonchev–Trinajstić information content (AvgIpc) is 2.27. The van der Waals surface area contributed by atoms with Crippen LogP contribution in [-0.4, -0.2) is 18.9 Å². The lowest BCUT2D eigenvalue weighted by atomic mass is 9.97. The van der Waals surface area contributed by atoms with Crippen molar-refractivity contribution in [3.05, 3.63) is 35.9 Å². The summed E-state index contributed by atoms with van der Waals surface area (Å²) in [4.78, 5) is 22.0. The first-order valence-electron chi connectivity index (χ1n) is 4.94. The van der Waals surface area contributed by atoms with Crippen LogP contribution in [0.1, 0.15) is 24.8 Å². The number of carbonyl (C=O) groups is 2. The molecular weight excluding hydrogens is 192 g/mol. The molecule has 0 aliphatic heterocycles. The first-order chi connectivity index (χ1) is 7.29. The van der Waals surface area contributed by atoms with Crippen LogP contribution in [0.25, 0.3) is 0 Å². The van der Waals surface area contributed by atoms with Crippen molar-refractivity contribution < 1.29 is 14.3 Å². The fraction of sp³-hybridized carbons (Fsp3) is 0.333. The molecule has 0 bridgehead atoms. The van der Waals surface area contributed by atoms with Crippen molar-refractivity contribution in [3.8, 4) is 0 Å². The van der Waals surface area contributed by atoms with E-state index >= 15 is 0 Å². The van der Waals surface area contributed by atoms with Crippen LogP contribution in [0.4, 0.5) is 0 Å². The quantitative estimate of drug-likeness (QED) is 0.546. The van der Waals surface area contributed by atoms with E-state index in [0.717, 1.165) is 11.8 Å². The number of esters is 1. The Labute approximate surface area is 89.1 Å². The fourth-order valence-electron chi connectivity index (χ4n) is 1.39. The Bertz CT molecular complexity index is 319. The molecule has 0 radical (unpaired) electrons. The van der Waals surface area contributed by atoms with E-state index < -0.39 is 5.92 Å². The highest BCUT2D eigenvalue weighted by atomic mass is 16.5. The second kappa shape index (κ2) is 5.96. The molecule has 0 aliphatic carbocycles. The molecule has 0 aromatic heterocycles. The summed E-state index contributed by atoms with van der Waals surface area (Å²) in [5, 5.41) is 0. The van der Waals surface area contributed by atoms with Crippen LogP contribution in [-0.2, 0) is 14.3 Å². The van der Waals surface area contributed by atoms with E-state index in [9.17, 15) is 9.59 Å². The van der Waals surface area contributed by atoms with Gasteiger partial charge in [0.25, 0.3) is 0 Å². The molecule has 3 nitrogen and oxygen atoms in total. The normalized spacial score (nSPS) is 11.8. The molecule has 0 saturated carbocycles. The second-order valence-electron chi connectivity index (χ2n) is 3.12. The molecule has 0 amide bonds. The first-order valence-corrected chi connectivity index (χ1v) is 4.94. The third-order valence-electron chi connectivity index (χ3n) is 2.10. The molecule has 3 heteroatoms. The average molecular weight is 206 g/mol. The Morgan fingerprint density at radius 1 is 1.40 bits per heavy atom. The van der Waals surface area contributed by atoms with Crippen molar-refractivity contribution in [1.29, 1.82) is 0 Å². The van der Waals surface area contributed by atoms with Gasteiger partial charge in [0.2, 0.25) is 0 Å². The minimum atomic E-state index is -0.469. The number of aldehydes is 1. The largest absolute Gasteiger partial charge is 0.466 e. The molecule has 80 valence electrons. The number of ether oxygens (including phenoxy) is 1. The number of rotatable bonds is 5. The Morgan fingerprint density at radius 3 is 2.60 bits per heavy atom. The number of benzene rings is 1. The summed E-state index contributed by atoms with van der Waals surface area (Å²) in [5.41, 5.74) is 0.822. The van der Waals surface area contributed by atoms with E-state index in [1.165, 1.54) is 0 Å². The van der Waals surface area contributed by atoms with E-state index in [4.69, 9.17) is 4.74 Å². The van der Waals surface area contributed by atoms with Gasteiger partial charge in [0.05, 0.1) is 12.5 Å². The standard InChI is InChI=1S/C12H14O3/c1-2-15-12(14)11(8-9-13)10-6-4-3-5-7-10/h3-7,9,11H,2,8H2,1H3/t11-/m0/s1. The molecule has 0 N–H and O–H groups in total. The molecule has 0 aliphatic rings. The van der Waals surface area contributed by atoms with Gasteiger partial charge in [-0.1, -0.05) is 30.3 Å². The van der Waals surface area contributed by atoms with Gasteiger partial charge in [0, 0.05) is 6.42 Å². The Morgan fingerprint density at radius 2 is 2.07 bits per heavy atom. The number of carbonyl (C=O) groups excluding carboxylic acids is 2. The van der Waals surface area contributed by atoms with E-state index in [1.54, 1.807) is 6.92 Å². The summed E-state index contributed by atoms with van der Waals surface area (Å²) in [5.74, 6) is -0.806.